The van der Waals surface area contributed by atoms with E-state index in [1.807, 2.05) is 18.2 Å². The number of nitrogens with two attached hydrogens (primary N) is 1. The predicted octanol–water partition coefficient (Wildman–Crippen LogP) is 3.42. The molecule has 0 aliphatic carbocycles. The largest absolute Gasteiger partial charge is 0.494 e. The Labute approximate surface area is 122 Å². The molecule has 19 heavy (non-hydrogen) atoms. The molecule has 0 spiro atoms. The summed E-state index contributed by atoms with van der Waals surface area (Å²) in [6.07, 6.45) is 4.50. The van der Waals surface area contributed by atoms with Crippen molar-refractivity contribution in [3.05, 3.63) is 28.8 Å². The second-order valence-electron chi connectivity index (χ2n) is 5.07. The van der Waals surface area contributed by atoms with Gasteiger partial charge >= 0.3 is 0 Å². The van der Waals surface area contributed by atoms with Gasteiger partial charge in [-0.1, -0.05) is 25.4 Å². The van der Waals surface area contributed by atoms with Gasteiger partial charge in [-0.25, -0.2) is 0 Å². The normalized spacial score (nSPS) is 12.4. The van der Waals surface area contributed by atoms with Gasteiger partial charge in [-0.3, -0.25) is 0 Å². The molecule has 1 rings (SSSR count). The first-order chi connectivity index (χ1) is 9.17. The number of hydrogen-bond acceptors (Lipinski definition) is 1. The highest BCUT2D eigenvalue weighted by atomic mass is 35.5. The highest BCUT2D eigenvalue weighted by Crippen LogP contribution is 2.22. The lowest BCUT2D eigenvalue weighted by molar-refractivity contribution is -0.686. The average Bonchev–Trinajstić information content (AvgIpc) is 2.43. The Morgan fingerprint density at radius 3 is 2.74 bits per heavy atom. The fourth-order valence-corrected chi connectivity index (χ4v) is 2.17. The average molecular weight is 285 g/mol. The number of hydrogen-bond donors (Lipinski definition) is 1. The van der Waals surface area contributed by atoms with Crippen molar-refractivity contribution in [2.45, 2.75) is 52.5 Å². The van der Waals surface area contributed by atoms with Gasteiger partial charge in [-0.05, 0) is 56.4 Å². The van der Waals surface area contributed by atoms with Crippen LogP contribution in [0.5, 0.6) is 5.75 Å². The number of aryl methyl sites for hydroxylation is 1. The minimum atomic E-state index is 0.740. The summed E-state index contributed by atoms with van der Waals surface area (Å²) in [6, 6.07) is 6.66. The van der Waals surface area contributed by atoms with Crippen LogP contribution in [-0.4, -0.2) is 19.2 Å². The Kier molecular flexibility index (Phi) is 7.92. The van der Waals surface area contributed by atoms with Crippen LogP contribution in [0.2, 0.25) is 5.02 Å². The molecule has 0 aliphatic heterocycles. The summed E-state index contributed by atoms with van der Waals surface area (Å²) in [5.41, 5.74) is 1.16. The SMILES string of the molecule is CCc1cc(OCCCC[NH2+][C@H](C)CC)ccc1Cl. The number of rotatable bonds is 9. The van der Waals surface area contributed by atoms with Crippen molar-refractivity contribution in [1.29, 1.82) is 0 Å². The Balaban J connectivity index is 2.19. The summed E-state index contributed by atoms with van der Waals surface area (Å²) in [5.74, 6) is 0.937. The smallest absolute Gasteiger partial charge is 0.119 e. The van der Waals surface area contributed by atoms with Crippen molar-refractivity contribution in [3.8, 4) is 5.75 Å². The molecular weight excluding hydrogens is 258 g/mol. The van der Waals surface area contributed by atoms with E-state index in [9.17, 15) is 0 Å². The zero-order chi connectivity index (χ0) is 14.1. The maximum Gasteiger partial charge on any atom is 0.119 e. The monoisotopic (exact) mass is 284 g/mol. The van der Waals surface area contributed by atoms with Crippen LogP contribution in [0.3, 0.4) is 0 Å². The highest BCUT2D eigenvalue weighted by Gasteiger charge is 2.02. The van der Waals surface area contributed by atoms with E-state index in [0.29, 0.717) is 0 Å². The first-order valence-electron chi connectivity index (χ1n) is 7.41. The van der Waals surface area contributed by atoms with Crippen LogP contribution in [0.15, 0.2) is 18.2 Å². The molecular formula is C16H27ClNO+. The van der Waals surface area contributed by atoms with Gasteiger partial charge in [0.1, 0.15) is 5.75 Å². The maximum atomic E-state index is 6.08. The summed E-state index contributed by atoms with van der Waals surface area (Å²) in [6.45, 7) is 8.60. The molecule has 0 unspecified atom stereocenters. The molecule has 2 nitrogen and oxygen atoms in total. The van der Waals surface area contributed by atoms with Crippen LogP contribution in [0.4, 0.5) is 0 Å². The molecule has 0 aromatic heterocycles. The zero-order valence-corrected chi connectivity index (χ0v) is 13.2. The topological polar surface area (TPSA) is 25.8 Å². The quantitative estimate of drug-likeness (QED) is 0.691. The Morgan fingerprint density at radius 1 is 1.26 bits per heavy atom. The van der Waals surface area contributed by atoms with E-state index in [1.54, 1.807) is 0 Å². The Hall–Kier alpha value is -0.730. The number of benzene rings is 1. The van der Waals surface area contributed by atoms with E-state index in [-0.39, 0.29) is 0 Å². The molecule has 0 saturated carbocycles. The minimum absolute atomic E-state index is 0.740. The molecule has 0 radical (unpaired) electrons. The third-order valence-electron chi connectivity index (χ3n) is 3.48. The van der Waals surface area contributed by atoms with Gasteiger partial charge in [0.2, 0.25) is 0 Å². The van der Waals surface area contributed by atoms with Crippen LogP contribution in [0.1, 0.15) is 45.6 Å². The van der Waals surface area contributed by atoms with Crippen LogP contribution in [-0.2, 0) is 6.42 Å². The van der Waals surface area contributed by atoms with Gasteiger partial charge < -0.3 is 10.1 Å². The van der Waals surface area contributed by atoms with Gasteiger partial charge in [0.25, 0.3) is 0 Å². The van der Waals surface area contributed by atoms with Crippen molar-refractivity contribution in [3.63, 3.8) is 0 Å². The Morgan fingerprint density at radius 2 is 2.05 bits per heavy atom. The van der Waals surface area contributed by atoms with Crippen molar-refractivity contribution < 1.29 is 10.1 Å². The predicted molar refractivity (Wildman–Crippen MR) is 82.1 cm³/mol. The molecule has 108 valence electrons. The molecule has 2 N–H and O–H groups in total. The van der Waals surface area contributed by atoms with Gasteiger partial charge in [-0.2, -0.15) is 0 Å². The van der Waals surface area contributed by atoms with Crippen molar-refractivity contribution in [2.75, 3.05) is 13.2 Å². The van der Waals surface area contributed by atoms with Gasteiger partial charge in [0.05, 0.1) is 19.2 Å². The van der Waals surface area contributed by atoms with E-state index >= 15 is 0 Å². The minimum Gasteiger partial charge on any atom is -0.494 e. The first kappa shape index (κ1) is 16.3. The van der Waals surface area contributed by atoms with Crippen LogP contribution < -0.4 is 10.1 Å². The van der Waals surface area contributed by atoms with Crippen molar-refractivity contribution in [1.82, 2.24) is 0 Å². The molecule has 0 amide bonds. The summed E-state index contributed by atoms with van der Waals surface area (Å²) in [7, 11) is 0. The third-order valence-corrected chi connectivity index (χ3v) is 3.85. The van der Waals surface area contributed by atoms with E-state index < -0.39 is 0 Å². The summed E-state index contributed by atoms with van der Waals surface area (Å²) >= 11 is 6.08. The number of halogens is 1. The Bertz CT molecular complexity index is 368. The fourth-order valence-electron chi connectivity index (χ4n) is 1.92. The van der Waals surface area contributed by atoms with E-state index in [1.165, 1.54) is 19.4 Å². The van der Waals surface area contributed by atoms with Crippen LogP contribution in [0.25, 0.3) is 0 Å². The molecule has 1 aromatic rings. The summed E-state index contributed by atoms with van der Waals surface area (Å²) in [5, 5.41) is 3.25. The molecule has 0 heterocycles. The standard InChI is InChI=1S/C16H26ClNO/c1-4-13(3)18-10-6-7-11-19-15-8-9-16(17)14(5-2)12-15/h8-9,12-13,18H,4-7,10-11H2,1-3H3/p+1/t13-/m1/s1. The molecule has 0 aliphatic rings. The number of unbranched alkanes of at least 4 members (excludes halogenated alkanes) is 1. The van der Waals surface area contributed by atoms with Crippen LogP contribution >= 0.6 is 11.6 Å². The third kappa shape index (κ3) is 6.31. The molecule has 0 saturated heterocycles. The lowest BCUT2D eigenvalue weighted by Gasteiger charge is -2.10. The molecule has 3 heteroatoms. The van der Waals surface area contributed by atoms with E-state index in [2.05, 4.69) is 26.1 Å². The molecule has 0 fully saturated rings. The second-order valence-corrected chi connectivity index (χ2v) is 5.48. The van der Waals surface area contributed by atoms with Gasteiger partial charge in [-0.15, -0.1) is 0 Å². The number of quaternary nitrogens is 1. The molecule has 0 bridgehead atoms. The van der Waals surface area contributed by atoms with E-state index in [0.717, 1.165) is 41.8 Å². The van der Waals surface area contributed by atoms with Gasteiger partial charge in [0, 0.05) is 5.02 Å². The van der Waals surface area contributed by atoms with Crippen LogP contribution in [0, 0.1) is 0 Å². The summed E-state index contributed by atoms with van der Waals surface area (Å²) < 4.78 is 5.76. The van der Waals surface area contributed by atoms with Gasteiger partial charge in [0.15, 0.2) is 0 Å². The first-order valence-corrected chi connectivity index (χ1v) is 7.79. The van der Waals surface area contributed by atoms with E-state index in [4.69, 9.17) is 16.3 Å². The lowest BCUT2D eigenvalue weighted by atomic mass is 10.1. The zero-order valence-electron chi connectivity index (χ0n) is 12.4. The molecule has 1 atom stereocenters. The fraction of sp³-hybridized carbons (Fsp3) is 0.625. The van der Waals surface area contributed by atoms with Crippen molar-refractivity contribution >= 4 is 11.6 Å². The number of ether oxygens (including phenoxy) is 1. The molecule has 1 aromatic carbocycles. The summed E-state index contributed by atoms with van der Waals surface area (Å²) in [4.78, 5) is 0. The van der Waals surface area contributed by atoms with Crippen molar-refractivity contribution in [2.24, 2.45) is 0 Å². The highest BCUT2D eigenvalue weighted by molar-refractivity contribution is 6.31. The second kappa shape index (κ2) is 9.22. The lowest BCUT2D eigenvalue weighted by Crippen LogP contribution is -2.89. The maximum absolute atomic E-state index is 6.08.